The molecule has 0 bridgehead atoms. The van der Waals surface area contributed by atoms with Crippen molar-refractivity contribution in [3.05, 3.63) is 11.8 Å². The Hall–Kier alpha value is -0.500. The van der Waals surface area contributed by atoms with Gasteiger partial charge in [-0.1, -0.05) is 102 Å². The predicted molar refractivity (Wildman–Crippen MR) is 204 cm³/mol. The third-order valence-corrected chi connectivity index (χ3v) is 16.9. The summed E-state index contributed by atoms with van der Waals surface area (Å²) in [5.74, 6) is 6.26. The van der Waals surface area contributed by atoms with E-state index in [2.05, 4.69) is 15.9 Å². The molecular weight excluding hydrogens is 581 g/mol. The number of rotatable bonds is 9. The van der Waals surface area contributed by atoms with E-state index in [9.17, 15) is 0 Å². The maximum absolute atomic E-state index is 3.26. The highest BCUT2D eigenvalue weighted by atomic mass is 15.2. The molecule has 272 valence electrons. The molecule has 0 aromatic rings. The van der Waals surface area contributed by atoms with Gasteiger partial charge in [-0.15, -0.1) is 0 Å². The van der Waals surface area contributed by atoms with Crippen LogP contribution in [0.1, 0.15) is 212 Å². The first-order valence-corrected chi connectivity index (χ1v) is 23.0. The molecule has 0 N–H and O–H groups in total. The summed E-state index contributed by atoms with van der Waals surface area (Å²) in [6, 6.07) is 4.51. The molecule has 1 atom stereocenters. The summed E-state index contributed by atoms with van der Waals surface area (Å²) in [6.07, 6.45) is 52.8. The molecule has 1 unspecified atom stereocenters. The number of hydrogen-bond donors (Lipinski definition) is 0. The molecule has 7 saturated carbocycles. The van der Waals surface area contributed by atoms with Crippen molar-refractivity contribution in [2.24, 2.45) is 35.5 Å². The molecule has 2 heteroatoms. The lowest BCUT2D eigenvalue weighted by Gasteiger charge is -2.50. The Balaban J connectivity index is 0.843. The first kappa shape index (κ1) is 34.6. The minimum Gasteiger partial charge on any atom is -0.369 e. The summed E-state index contributed by atoms with van der Waals surface area (Å²) in [5.41, 5.74) is 1.83. The second-order valence-corrected chi connectivity index (χ2v) is 19.5. The third kappa shape index (κ3) is 8.10. The highest BCUT2D eigenvalue weighted by Gasteiger charge is 2.41. The molecule has 0 spiro atoms. The summed E-state index contributed by atoms with van der Waals surface area (Å²) < 4.78 is 0. The quantitative estimate of drug-likeness (QED) is 0.243. The monoisotopic (exact) mass is 659 g/mol. The van der Waals surface area contributed by atoms with Gasteiger partial charge in [0.15, 0.2) is 0 Å². The summed E-state index contributed by atoms with van der Waals surface area (Å²) in [6.45, 7) is 0. The van der Waals surface area contributed by atoms with Crippen molar-refractivity contribution in [3.63, 3.8) is 0 Å². The molecule has 8 aliphatic carbocycles. The maximum Gasteiger partial charge on any atom is 0.0290 e. The van der Waals surface area contributed by atoms with Gasteiger partial charge in [0.2, 0.25) is 0 Å². The molecule has 0 radical (unpaired) electrons. The lowest BCUT2D eigenvalue weighted by molar-refractivity contribution is -0.00324. The van der Waals surface area contributed by atoms with E-state index in [1.165, 1.54) is 161 Å². The third-order valence-electron chi connectivity index (χ3n) is 16.9. The zero-order chi connectivity index (χ0) is 32.1. The topological polar surface area (TPSA) is 6.48 Å². The van der Waals surface area contributed by atoms with E-state index in [-0.39, 0.29) is 0 Å². The number of hydrogen-bond acceptors (Lipinski definition) is 2. The van der Waals surface area contributed by atoms with Crippen LogP contribution in [0.5, 0.6) is 0 Å². The molecule has 2 nitrogen and oxygen atoms in total. The molecule has 48 heavy (non-hydrogen) atoms. The van der Waals surface area contributed by atoms with E-state index in [4.69, 9.17) is 0 Å². The predicted octanol–water partition coefficient (Wildman–Crippen LogP) is 13.0. The summed E-state index contributed by atoms with van der Waals surface area (Å²) in [4.78, 5) is 6.38. The highest BCUT2D eigenvalue weighted by molar-refractivity contribution is 5.14. The van der Waals surface area contributed by atoms with Crippen LogP contribution < -0.4 is 0 Å². The first-order valence-electron chi connectivity index (χ1n) is 23.0. The average Bonchev–Trinajstić information content (AvgIpc) is 3.88. The number of allylic oxidation sites excluding steroid dienone is 2. The Kier molecular flexibility index (Phi) is 12.2. The van der Waals surface area contributed by atoms with E-state index >= 15 is 0 Å². The first-order chi connectivity index (χ1) is 23.8. The Morgan fingerprint density at radius 2 is 0.646 bits per heavy atom. The Morgan fingerprint density at radius 1 is 0.312 bits per heavy atom. The number of nitrogens with zero attached hydrogens (tertiary/aromatic N) is 2. The van der Waals surface area contributed by atoms with Gasteiger partial charge in [0.1, 0.15) is 0 Å². The van der Waals surface area contributed by atoms with E-state index in [0.717, 1.165) is 65.7 Å². The van der Waals surface area contributed by atoms with Crippen molar-refractivity contribution < 1.29 is 0 Å². The van der Waals surface area contributed by atoms with Gasteiger partial charge in [-0.3, -0.25) is 4.90 Å². The molecule has 0 aliphatic heterocycles. The van der Waals surface area contributed by atoms with Crippen molar-refractivity contribution in [2.75, 3.05) is 0 Å². The van der Waals surface area contributed by atoms with Crippen molar-refractivity contribution >= 4 is 0 Å². The average molecular weight is 659 g/mol. The molecule has 0 aromatic carbocycles. The summed E-state index contributed by atoms with van der Waals surface area (Å²) >= 11 is 0. The zero-order valence-electron chi connectivity index (χ0n) is 31.7. The van der Waals surface area contributed by atoms with E-state index < -0.39 is 0 Å². The molecule has 8 aliphatic rings. The normalized spacial score (nSPS) is 38.8. The molecule has 0 amide bonds. The fourth-order valence-corrected chi connectivity index (χ4v) is 14.3. The van der Waals surface area contributed by atoms with E-state index in [1.54, 1.807) is 51.4 Å². The largest absolute Gasteiger partial charge is 0.369 e. The molecule has 0 heterocycles. The molecule has 0 saturated heterocycles. The smallest absolute Gasteiger partial charge is 0.0290 e. The van der Waals surface area contributed by atoms with Gasteiger partial charge in [0.25, 0.3) is 0 Å². The van der Waals surface area contributed by atoms with Gasteiger partial charge >= 0.3 is 0 Å². The maximum atomic E-state index is 3.26. The summed E-state index contributed by atoms with van der Waals surface area (Å²) in [5, 5.41) is 0. The van der Waals surface area contributed by atoms with Crippen LogP contribution in [0.3, 0.4) is 0 Å². The summed E-state index contributed by atoms with van der Waals surface area (Å²) in [7, 11) is 0. The van der Waals surface area contributed by atoms with Crippen molar-refractivity contribution in [3.8, 4) is 0 Å². The van der Waals surface area contributed by atoms with Gasteiger partial charge in [0, 0.05) is 35.9 Å². The van der Waals surface area contributed by atoms with Crippen LogP contribution in [0.4, 0.5) is 0 Å². The van der Waals surface area contributed by atoms with Crippen LogP contribution in [0.25, 0.3) is 0 Å². The standard InChI is InChI=1S/C46H78N2/c1-4-12-35(13-5-1)37-20-27-43(28-21-37)47(41-16-8-3-9-17-41)44-29-22-38(23-30-44)39-24-31-45(32-25-39)48(42-18-10-11-19-42)46-33-26-40(34-46)36-14-6-2-7-15-36/h33,35-45H,1-32,34H2. The van der Waals surface area contributed by atoms with Crippen molar-refractivity contribution in [1.82, 2.24) is 9.80 Å². The molecule has 8 rings (SSSR count). The van der Waals surface area contributed by atoms with Crippen LogP contribution >= 0.6 is 0 Å². The van der Waals surface area contributed by atoms with Crippen molar-refractivity contribution in [1.29, 1.82) is 0 Å². The SMILES string of the molecule is C1=C(N(C2CCCC2)C2CCC(C3CCC(N(C4CCCCC4)C4CCC(C5CCCCC5)CC4)CC3)CC2)CC(C2CCCCC2)C1. The Morgan fingerprint density at radius 3 is 1.15 bits per heavy atom. The second-order valence-electron chi connectivity index (χ2n) is 19.5. The Labute approximate surface area is 298 Å². The molecule has 7 fully saturated rings. The lowest BCUT2D eigenvalue weighted by Crippen LogP contribution is -2.53. The van der Waals surface area contributed by atoms with Gasteiger partial charge in [-0.05, 0) is 151 Å². The van der Waals surface area contributed by atoms with Gasteiger partial charge in [-0.2, -0.15) is 0 Å². The van der Waals surface area contributed by atoms with Crippen LogP contribution in [0, 0.1) is 35.5 Å². The van der Waals surface area contributed by atoms with Crippen LogP contribution in [-0.4, -0.2) is 40.0 Å². The van der Waals surface area contributed by atoms with Crippen LogP contribution in [0.15, 0.2) is 11.8 Å². The second kappa shape index (κ2) is 16.9. The molecule has 0 aromatic heterocycles. The van der Waals surface area contributed by atoms with Gasteiger partial charge in [-0.25, -0.2) is 0 Å². The van der Waals surface area contributed by atoms with Gasteiger partial charge < -0.3 is 4.90 Å². The minimum atomic E-state index is 0.863. The van der Waals surface area contributed by atoms with E-state index in [1.807, 2.05) is 5.70 Å². The van der Waals surface area contributed by atoms with Crippen LogP contribution in [-0.2, 0) is 0 Å². The van der Waals surface area contributed by atoms with Gasteiger partial charge in [0.05, 0.1) is 0 Å². The minimum absolute atomic E-state index is 0.863. The van der Waals surface area contributed by atoms with Crippen molar-refractivity contribution in [2.45, 2.75) is 242 Å². The fourth-order valence-electron chi connectivity index (χ4n) is 14.3. The fraction of sp³-hybridized carbons (Fsp3) is 0.957. The van der Waals surface area contributed by atoms with Crippen LogP contribution in [0.2, 0.25) is 0 Å². The lowest BCUT2D eigenvalue weighted by atomic mass is 9.69. The Bertz CT molecular complexity index is 970. The zero-order valence-corrected chi connectivity index (χ0v) is 31.7. The molecular formula is C46H78N2. The highest BCUT2D eigenvalue weighted by Crippen LogP contribution is 2.48. The van der Waals surface area contributed by atoms with E-state index in [0.29, 0.717) is 0 Å².